The number of carbonyl (C=O) groups is 2. The van der Waals surface area contributed by atoms with E-state index in [-0.39, 0.29) is 32.3 Å². The first kappa shape index (κ1) is 20.4. The Morgan fingerprint density at radius 3 is 2.04 bits per heavy atom. The average molecular weight is 402 g/mol. The highest BCUT2D eigenvalue weighted by Crippen LogP contribution is 2.41. The third-order valence-electron chi connectivity index (χ3n) is 3.46. The van der Waals surface area contributed by atoms with Gasteiger partial charge in [0.2, 0.25) is 0 Å². The number of hydrogen-bond donors (Lipinski definition) is 1. The molecule has 1 N–H and O–H groups in total. The predicted octanol–water partition coefficient (Wildman–Crippen LogP) is 5.98. The van der Waals surface area contributed by atoms with Gasteiger partial charge in [0.05, 0.1) is 37.8 Å². The summed E-state index contributed by atoms with van der Waals surface area (Å²) >= 11 is 23.5. The van der Waals surface area contributed by atoms with Crippen molar-refractivity contribution < 1.29 is 19.4 Å². The molecule has 0 aliphatic rings. The van der Waals surface area contributed by atoms with Crippen LogP contribution in [0.25, 0.3) is 0 Å². The maximum absolute atomic E-state index is 12.2. The van der Waals surface area contributed by atoms with Gasteiger partial charge in [0.1, 0.15) is 0 Å². The van der Waals surface area contributed by atoms with Crippen LogP contribution in [0.5, 0.6) is 0 Å². The van der Waals surface area contributed by atoms with Crippen molar-refractivity contribution in [2.45, 2.75) is 33.1 Å². The highest BCUT2D eigenvalue weighted by molar-refractivity contribution is 6.54. The Hall–Kier alpha value is -0.680. The van der Waals surface area contributed by atoms with E-state index >= 15 is 0 Å². The molecule has 0 heterocycles. The summed E-state index contributed by atoms with van der Waals surface area (Å²) in [6, 6.07) is 0. The first-order valence-electron chi connectivity index (χ1n) is 6.98. The van der Waals surface area contributed by atoms with Crippen molar-refractivity contribution in [2.24, 2.45) is 5.92 Å². The summed E-state index contributed by atoms with van der Waals surface area (Å²) in [7, 11) is 0. The lowest BCUT2D eigenvalue weighted by Gasteiger charge is -2.14. The number of halogens is 4. The van der Waals surface area contributed by atoms with Crippen molar-refractivity contribution in [1.82, 2.24) is 0 Å². The van der Waals surface area contributed by atoms with E-state index in [0.717, 1.165) is 12.8 Å². The molecular weight excluding hydrogens is 386 g/mol. The number of carboxylic acids is 1. The molecule has 128 valence electrons. The number of carbonyl (C=O) groups excluding carboxylic acids is 1. The summed E-state index contributed by atoms with van der Waals surface area (Å²) in [4.78, 5) is 23.6. The second kappa shape index (κ2) is 8.97. The van der Waals surface area contributed by atoms with E-state index in [4.69, 9.17) is 51.1 Å². The minimum absolute atomic E-state index is 0.149. The van der Waals surface area contributed by atoms with Gasteiger partial charge in [0.15, 0.2) is 0 Å². The number of benzene rings is 1. The largest absolute Gasteiger partial charge is 0.478 e. The molecule has 0 saturated carbocycles. The molecule has 8 heteroatoms. The topological polar surface area (TPSA) is 63.6 Å². The van der Waals surface area contributed by atoms with E-state index in [9.17, 15) is 14.7 Å². The van der Waals surface area contributed by atoms with Gasteiger partial charge in [-0.2, -0.15) is 0 Å². The molecule has 0 aliphatic carbocycles. The van der Waals surface area contributed by atoms with Gasteiger partial charge in [-0.15, -0.1) is 0 Å². The Bertz CT molecular complexity index is 616. The molecule has 0 aliphatic heterocycles. The van der Waals surface area contributed by atoms with Crippen molar-refractivity contribution in [3.05, 3.63) is 31.2 Å². The van der Waals surface area contributed by atoms with E-state index in [0.29, 0.717) is 12.3 Å². The zero-order valence-electron chi connectivity index (χ0n) is 12.6. The minimum Gasteiger partial charge on any atom is -0.478 e. The standard InChI is InChI=1S/C15H16Cl4O4/c1-3-7(2)5-4-6-23-15(22)9-8(14(20)21)10(16)12(18)13(19)11(9)17/h7H,3-6H2,1-2H3,(H,20,21)/t7-/m0/s1. The Morgan fingerprint density at radius 1 is 1.04 bits per heavy atom. The van der Waals surface area contributed by atoms with E-state index in [1.165, 1.54) is 0 Å². The molecule has 0 unspecified atom stereocenters. The predicted molar refractivity (Wildman–Crippen MR) is 92.4 cm³/mol. The lowest BCUT2D eigenvalue weighted by atomic mass is 10.0. The molecule has 0 spiro atoms. The minimum atomic E-state index is -1.44. The van der Waals surface area contributed by atoms with Crippen LogP contribution in [0.4, 0.5) is 0 Å². The van der Waals surface area contributed by atoms with E-state index in [1.807, 2.05) is 0 Å². The molecule has 0 amide bonds. The van der Waals surface area contributed by atoms with Gasteiger partial charge in [0.25, 0.3) is 0 Å². The third-order valence-corrected chi connectivity index (χ3v) is 5.26. The summed E-state index contributed by atoms with van der Waals surface area (Å²) in [6.07, 6.45) is 2.59. The SMILES string of the molecule is CC[C@H](C)CCCOC(=O)c1c(Cl)c(Cl)c(Cl)c(Cl)c1C(=O)O. The number of ether oxygens (including phenoxy) is 1. The smallest absolute Gasteiger partial charge is 0.340 e. The zero-order valence-corrected chi connectivity index (χ0v) is 15.6. The van der Waals surface area contributed by atoms with Gasteiger partial charge in [-0.25, -0.2) is 9.59 Å². The Kier molecular flexibility index (Phi) is 7.95. The molecule has 0 saturated heterocycles. The molecule has 1 aromatic carbocycles. The number of aromatic carboxylic acids is 1. The molecule has 1 rings (SSSR count). The lowest BCUT2D eigenvalue weighted by Crippen LogP contribution is -2.15. The van der Waals surface area contributed by atoms with Crippen molar-refractivity contribution in [3.63, 3.8) is 0 Å². The van der Waals surface area contributed by atoms with Crippen LogP contribution in [0.2, 0.25) is 20.1 Å². The molecule has 4 nitrogen and oxygen atoms in total. The molecule has 1 atom stereocenters. The quantitative estimate of drug-likeness (QED) is 0.264. The maximum Gasteiger partial charge on any atom is 0.340 e. The summed E-state index contributed by atoms with van der Waals surface area (Å²) in [5, 5.41) is 8.22. The highest BCUT2D eigenvalue weighted by atomic mass is 35.5. The fourth-order valence-corrected chi connectivity index (χ4v) is 2.91. The van der Waals surface area contributed by atoms with Crippen LogP contribution in [-0.4, -0.2) is 23.7 Å². The van der Waals surface area contributed by atoms with Gasteiger partial charge in [-0.3, -0.25) is 0 Å². The number of esters is 1. The first-order chi connectivity index (χ1) is 10.7. The highest BCUT2D eigenvalue weighted by Gasteiger charge is 2.29. The second-order valence-electron chi connectivity index (χ2n) is 5.10. The number of hydrogen-bond acceptors (Lipinski definition) is 3. The summed E-state index contributed by atoms with van der Waals surface area (Å²) in [5.41, 5.74) is -0.903. The van der Waals surface area contributed by atoms with Crippen LogP contribution in [0.3, 0.4) is 0 Å². The zero-order chi connectivity index (χ0) is 17.7. The van der Waals surface area contributed by atoms with Crippen LogP contribution < -0.4 is 0 Å². The van der Waals surface area contributed by atoms with Crippen LogP contribution in [0.15, 0.2) is 0 Å². The maximum atomic E-state index is 12.2. The monoisotopic (exact) mass is 400 g/mol. The van der Waals surface area contributed by atoms with Gasteiger partial charge in [-0.1, -0.05) is 66.7 Å². The normalized spacial score (nSPS) is 12.1. The van der Waals surface area contributed by atoms with E-state index in [1.54, 1.807) is 0 Å². The molecule has 0 aromatic heterocycles. The van der Waals surface area contributed by atoms with E-state index in [2.05, 4.69) is 13.8 Å². The molecule has 0 bridgehead atoms. The summed E-state index contributed by atoms with van der Waals surface area (Å²) in [6.45, 7) is 4.32. The fraction of sp³-hybridized carbons (Fsp3) is 0.467. The van der Waals surface area contributed by atoms with Crippen molar-refractivity contribution in [2.75, 3.05) is 6.61 Å². The molecule has 1 aromatic rings. The molecule has 23 heavy (non-hydrogen) atoms. The average Bonchev–Trinajstić information content (AvgIpc) is 2.51. The Morgan fingerprint density at radius 2 is 1.57 bits per heavy atom. The van der Waals surface area contributed by atoms with Crippen molar-refractivity contribution in [3.8, 4) is 0 Å². The van der Waals surface area contributed by atoms with Gasteiger partial charge in [-0.05, 0) is 18.8 Å². The fourth-order valence-electron chi connectivity index (χ4n) is 1.90. The molecular formula is C15H16Cl4O4. The summed E-state index contributed by atoms with van der Waals surface area (Å²) < 4.78 is 5.10. The molecule has 0 fully saturated rings. The Balaban J connectivity index is 3.02. The lowest BCUT2D eigenvalue weighted by molar-refractivity contribution is 0.0484. The van der Waals surface area contributed by atoms with Crippen molar-refractivity contribution >= 4 is 58.3 Å². The van der Waals surface area contributed by atoms with Gasteiger partial charge in [0, 0.05) is 0 Å². The Labute approximate surface area is 154 Å². The molecule has 0 radical (unpaired) electrons. The van der Waals surface area contributed by atoms with Gasteiger partial charge < -0.3 is 9.84 Å². The van der Waals surface area contributed by atoms with Gasteiger partial charge >= 0.3 is 11.9 Å². The third kappa shape index (κ3) is 4.90. The number of carboxylic acid groups (broad SMARTS) is 1. The first-order valence-corrected chi connectivity index (χ1v) is 8.49. The van der Waals surface area contributed by atoms with E-state index < -0.39 is 17.5 Å². The van der Waals surface area contributed by atoms with Crippen LogP contribution in [0, 0.1) is 5.92 Å². The van der Waals surface area contributed by atoms with Crippen LogP contribution in [0.1, 0.15) is 53.8 Å². The van der Waals surface area contributed by atoms with Crippen molar-refractivity contribution in [1.29, 1.82) is 0 Å². The van der Waals surface area contributed by atoms with Crippen LogP contribution >= 0.6 is 46.4 Å². The van der Waals surface area contributed by atoms with Crippen LogP contribution in [-0.2, 0) is 4.74 Å². The second-order valence-corrected chi connectivity index (χ2v) is 6.61. The summed E-state index contributed by atoms with van der Waals surface area (Å²) in [5.74, 6) is -1.81. The number of rotatable bonds is 7.